The highest BCUT2D eigenvalue weighted by Crippen LogP contribution is 2.19. The number of hydrogen-bond donors (Lipinski definition) is 0. The molecule has 0 heterocycles. The van der Waals surface area contributed by atoms with E-state index in [9.17, 15) is 0 Å². The van der Waals surface area contributed by atoms with Gasteiger partial charge < -0.3 is 13.3 Å². The molecule has 3 nitrogen and oxygen atoms in total. The van der Waals surface area contributed by atoms with Crippen molar-refractivity contribution in [2.45, 2.75) is 59.3 Å². The van der Waals surface area contributed by atoms with Crippen molar-refractivity contribution < 1.29 is 13.3 Å². The Morgan fingerprint density at radius 2 is 1.32 bits per heavy atom. The predicted molar refractivity (Wildman–Crippen MR) is 85.8 cm³/mol. The fourth-order valence-electron chi connectivity index (χ4n) is 1.72. The van der Waals surface area contributed by atoms with E-state index in [0.717, 1.165) is 18.9 Å². The molecule has 0 aromatic carbocycles. The van der Waals surface area contributed by atoms with Crippen LogP contribution in [-0.2, 0) is 13.3 Å². The third-order valence-electron chi connectivity index (χ3n) is 2.34. The molecule has 0 saturated carbocycles. The van der Waals surface area contributed by atoms with Gasteiger partial charge in [0.1, 0.15) is 8.07 Å². The van der Waals surface area contributed by atoms with Crippen LogP contribution in [0.4, 0.5) is 0 Å². The molecule has 19 heavy (non-hydrogen) atoms. The lowest BCUT2D eigenvalue weighted by molar-refractivity contribution is 0.0709. The SMILES string of the molecule is CCO[Si](CCCC#C[Si](C)(C)C)(OCC)OCC. The lowest BCUT2D eigenvalue weighted by Gasteiger charge is -2.28. The molecule has 0 spiro atoms. The van der Waals surface area contributed by atoms with Gasteiger partial charge in [0.2, 0.25) is 0 Å². The molecule has 0 aliphatic heterocycles. The minimum Gasteiger partial charge on any atom is -0.374 e. The highest BCUT2D eigenvalue weighted by molar-refractivity contribution is 6.83. The zero-order valence-electron chi connectivity index (χ0n) is 13.5. The van der Waals surface area contributed by atoms with Crippen molar-refractivity contribution in [3.8, 4) is 11.5 Å². The third-order valence-corrected chi connectivity index (χ3v) is 6.42. The summed E-state index contributed by atoms with van der Waals surface area (Å²) in [4.78, 5) is 0. The second-order valence-electron chi connectivity index (χ2n) is 5.39. The van der Waals surface area contributed by atoms with Crippen LogP contribution in [-0.4, -0.2) is 36.7 Å². The first-order valence-electron chi connectivity index (χ1n) is 7.31. The lowest BCUT2D eigenvalue weighted by atomic mass is 10.4. The van der Waals surface area contributed by atoms with Gasteiger partial charge >= 0.3 is 8.80 Å². The Labute approximate surface area is 121 Å². The van der Waals surface area contributed by atoms with E-state index >= 15 is 0 Å². The van der Waals surface area contributed by atoms with Crippen LogP contribution in [0.1, 0.15) is 33.6 Å². The molecule has 0 aromatic rings. The number of unbranched alkanes of at least 4 members (excludes halogenated alkanes) is 1. The summed E-state index contributed by atoms with van der Waals surface area (Å²) in [5.41, 5.74) is 3.39. The third kappa shape index (κ3) is 9.41. The topological polar surface area (TPSA) is 27.7 Å². The van der Waals surface area contributed by atoms with Gasteiger partial charge in [-0.1, -0.05) is 19.6 Å². The molecule has 0 atom stereocenters. The molecule has 0 unspecified atom stereocenters. The highest BCUT2D eigenvalue weighted by Gasteiger charge is 2.39. The fourth-order valence-corrected chi connectivity index (χ4v) is 4.99. The maximum absolute atomic E-state index is 5.81. The first-order valence-corrected chi connectivity index (χ1v) is 12.7. The second kappa shape index (κ2) is 9.73. The molecule has 0 rings (SSSR count). The molecule has 0 radical (unpaired) electrons. The lowest BCUT2D eigenvalue weighted by Crippen LogP contribution is -2.45. The summed E-state index contributed by atoms with van der Waals surface area (Å²) in [5, 5.41) is 0. The minimum absolute atomic E-state index is 0.646. The van der Waals surface area contributed by atoms with Gasteiger partial charge in [-0.15, -0.1) is 11.5 Å². The van der Waals surface area contributed by atoms with Crippen LogP contribution in [0.2, 0.25) is 25.7 Å². The van der Waals surface area contributed by atoms with Gasteiger partial charge in [0.25, 0.3) is 0 Å². The highest BCUT2D eigenvalue weighted by atomic mass is 28.4. The molecule has 0 bridgehead atoms. The summed E-state index contributed by atoms with van der Waals surface area (Å²) in [6.45, 7) is 14.7. The zero-order valence-corrected chi connectivity index (χ0v) is 15.5. The monoisotopic (exact) mass is 302 g/mol. The average molecular weight is 303 g/mol. The van der Waals surface area contributed by atoms with E-state index in [1.54, 1.807) is 0 Å². The van der Waals surface area contributed by atoms with Gasteiger partial charge in [0.15, 0.2) is 0 Å². The fraction of sp³-hybridized carbons (Fsp3) is 0.857. The molecule has 0 saturated heterocycles. The van der Waals surface area contributed by atoms with Gasteiger partial charge in [-0.3, -0.25) is 0 Å². The first kappa shape index (κ1) is 18.9. The molecule has 0 aliphatic carbocycles. The van der Waals surface area contributed by atoms with Gasteiger partial charge in [-0.25, -0.2) is 0 Å². The molecular weight excluding hydrogens is 272 g/mol. The molecule has 0 amide bonds. The Hall–Kier alpha value is -0.126. The van der Waals surface area contributed by atoms with E-state index in [4.69, 9.17) is 13.3 Å². The van der Waals surface area contributed by atoms with Crippen LogP contribution < -0.4 is 0 Å². The summed E-state index contributed by atoms with van der Waals surface area (Å²) < 4.78 is 17.4. The predicted octanol–water partition coefficient (Wildman–Crippen LogP) is 3.70. The van der Waals surface area contributed by atoms with Crippen LogP contribution in [0.15, 0.2) is 0 Å². The normalized spacial score (nSPS) is 12.1. The standard InChI is InChI=1S/C14H30O3Si2/c1-7-15-19(16-8-2,17-9-3)14-12-10-11-13-18(4,5)6/h7-10,12,14H2,1-6H3. The zero-order chi connectivity index (χ0) is 14.8. The van der Waals surface area contributed by atoms with E-state index in [2.05, 4.69) is 31.1 Å². The van der Waals surface area contributed by atoms with Crippen LogP contribution in [0, 0.1) is 11.5 Å². The van der Waals surface area contributed by atoms with Gasteiger partial charge in [0.05, 0.1) is 0 Å². The minimum atomic E-state index is -2.45. The molecule has 112 valence electrons. The Morgan fingerprint density at radius 3 is 1.68 bits per heavy atom. The summed E-state index contributed by atoms with van der Waals surface area (Å²) in [7, 11) is -3.69. The first-order chi connectivity index (χ1) is 8.89. The summed E-state index contributed by atoms with van der Waals surface area (Å²) in [5.74, 6) is 3.29. The molecular formula is C14H30O3Si2. The van der Waals surface area contributed by atoms with Crippen molar-refractivity contribution in [3.63, 3.8) is 0 Å². The van der Waals surface area contributed by atoms with Crippen molar-refractivity contribution in [1.82, 2.24) is 0 Å². The van der Waals surface area contributed by atoms with Gasteiger partial charge in [0, 0.05) is 32.3 Å². The van der Waals surface area contributed by atoms with Crippen LogP contribution >= 0.6 is 0 Å². The van der Waals surface area contributed by atoms with Crippen molar-refractivity contribution in [3.05, 3.63) is 0 Å². The Balaban J connectivity index is 4.34. The van der Waals surface area contributed by atoms with Crippen LogP contribution in [0.25, 0.3) is 0 Å². The summed E-state index contributed by atoms with van der Waals surface area (Å²) in [6, 6.07) is 0.864. The Kier molecular flexibility index (Phi) is 9.66. The van der Waals surface area contributed by atoms with Crippen molar-refractivity contribution in [2.75, 3.05) is 19.8 Å². The van der Waals surface area contributed by atoms with E-state index in [-0.39, 0.29) is 0 Å². The molecule has 0 N–H and O–H groups in total. The van der Waals surface area contributed by atoms with Crippen molar-refractivity contribution >= 4 is 16.9 Å². The van der Waals surface area contributed by atoms with E-state index in [0.29, 0.717) is 19.8 Å². The van der Waals surface area contributed by atoms with Crippen molar-refractivity contribution in [1.29, 1.82) is 0 Å². The second-order valence-corrected chi connectivity index (χ2v) is 12.9. The largest absolute Gasteiger partial charge is 0.500 e. The Bertz CT molecular complexity index is 272. The maximum atomic E-state index is 5.81. The van der Waals surface area contributed by atoms with Crippen LogP contribution in [0.5, 0.6) is 0 Å². The summed E-state index contributed by atoms with van der Waals surface area (Å²) >= 11 is 0. The molecule has 0 aromatic heterocycles. The molecule has 0 fully saturated rings. The van der Waals surface area contributed by atoms with Gasteiger partial charge in [-0.2, -0.15) is 0 Å². The Morgan fingerprint density at radius 1 is 0.842 bits per heavy atom. The smallest absolute Gasteiger partial charge is 0.374 e. The summed E-state index contributed by atoms with van der Waals surface area (Å²) in [6.07, 6.45) is 1.90. The van der Waals surface area contributed by atoms with E-state index in [1.807, 2.05) is 20.8 Å². The van der Waals surface area contributed by atoms with E-state index < -0.39 is 16.9 Å². The number of rotatable bonds is 9. The van der Waals surface area contributed by atoms with Gasteiger partial charge in [-0.05, 0) is 27.2 Å². The quantitative estimate of drug-likeness (QED) is 0.369. The van der Waals surface area contributed by atoms with Crippen LogP contribution in [0.3, 0.4) is 0 Å². The van der Waals surface area contributed by atoms with E-state index in [1.165, 1.54) is 0 Å². The molecule has 0 aliphatic rings. The molecule has 5 heteroatoms. The maximum Gasteiger partial charge on any atom is 0.500 e. The average Bonchev–Trinajstić information content (AvgIpc) is 2.28. The van der Waals surface area contributed by atoms with Crippen molar-refractivity contribution in [2.24, 2.45) is 0 Å². The number of hydrogen-bond acceptors (Lipinski definition) is 3.